The fraction of sp³-hybridized carbons (Fsp3) is 0.688. The van der Waals surface area contributed by atoms with E-state index in [9.17, 15) is 18.4 Å². The van der Waals surface area contributed by atoms with Crippen molar-refractivity contribution in [3.05, 3.63) is 27.7 Å². The molecule has 14 heteroatoms. The minimum Gasteiger partial charge on any atom is -0.463 e. The number of nitrogens with two attached hydrogens (primary N) is 1. The van der Waals surface area contributed by atoms with E-state index in [1.54, 1.807) is 13.8 Å². The molecule has 12 nitrogen and oxygen atoms in total. The van der Waals surface area contributed by atoms with Crippen LogP contribution in [0.25, 0.3) is 0 Å². The maximum atomic E-state index is 13.6. The molecule has 5 N–H and O–H groups in total. The molecule has 0 amide bonds. The van der Waals surface area contributed by atoms with Crippen molar-refractivity contribution in [2.75, 3.05) is 18.9 Å². The quantitative estimate of drug-likeness (QED) is 0.277. The number of nitrogens with zero attached hydrogens (tertiary/aromatic N) is 3. The molecule has 2 atom stereocenters. The van der Waals surface area contributed by atoms with E-state index in [4.69, 9.17) is 35.5 Å². The summed E-state index contributed by atoms with van der Waals surface area (Å²) in [5, 5.41) is 25.0. The molecule has 2 heterocycles. The first kappa shape index (κ1) is 27.3. The number of carbonyl (C=O) groups excluding carboxylic acids is 1. The number of aromatic nitrogens is 2. The lowest BCUT2D eigenvalue weighted by Crippen LogP contribution is -2.35. The number of aliphatic hydroxyl groups excluding tert-OH is 2. The highest BCUT2D eigenvalue weighted by atomic mass is 19.3. The summed E-state index contributed by atoms with van der Waals surface area (Å²) in [5.74, 6) is -3.51. The minimum absolute atomic E-state index is 0.0488. The van der Waals surface area contributed by atoms with Crippen LogP contribution < -0.4 is 11.4 Å². The number of aliphatic hydroxyl groups is 2. The van der Waals surface area contributed by atoms with E-state index >= 15 is 0 Å². The monoisotopic (exact) mass is 440 g/mol. The van der Waals surface area contributed by atoms with Crippen LogP contribution in [0.4, 0.5) is 14.6 Å². The van der Waals surface area contributed by atoms with Crippen molar-refractivity contribution < 1.29 is 38.5 Å². The number of halogens is 2. The van der Waals surface area contributed by atoms with E-state index in [2.05, 4.69) is 4.98 Å². The average Bonchev–Trinajstić information content (AvgIpc) is 2.95. The van der Waals surface area contributed by atoms with Gasteiger partial charge in [-0.15, -0.1) is 4.91 Å². The Balaban J connectivity index is 0.000000554. The smallest absolute Gasteiger partial charge is 0.351 e. The molecule has 30 heavy (non-hydrogen) atoms. The molecule has 0 spiro atoms. The van der Waals surface area contributed by atoms with Crippen LogP contribution in [0.5, 0.6) is 0 Å². The van der Waals surface area contributed by atoms with E-state index in [0.29, 0.717) is 17.4 Å². The van der Waals surface area contributed by atoms with Crippen molar-refractivity contribution in [1.29, 1.82) is 0 Å². The lowest BCUT2D eigenvalue weighted by atomic mass is 10.2. The van der Waals surface area contributed by atoms with E-state index in [0.717, 1.165) is 6.20 Å². The number of alkyl halides is 2. The van der Waals surface area contributed by atoms with Crippen LogP contribution in [0.2, 0.25) is 0 Å². The molecule has 1 saturated heterocycles. The maximum absolute atomic E-state index is 13.6. The van der Waals surface area contributed by atoms with Crippen molar-refractivity contribution in [2.45, 2.75) is 57.5 Å². The highest BCUT2D eigenvalue weighted by molar-refractivity contribution is 5.69. The van der Waals surface area contributed by atoms with Crippen molar-refractivity contribution in [2.24, 2.45) is 5.34 Å². The van der Waals surface area contributed by atoms with Crippen LogP contribution in [0.15, 0.2) is 22.4 Å². The normalized spacial score (nSPS) is 19.2. The van der Waals surface area contributed by atoms with E-state index in [1.807, 2.05) is 0 Å². The van der Waals surface area contributed by atoms with E-state index < -0.39 is 37.0 Å². The molecular weight excluding hydrogens is 414 g/mol. The molecular formula is C16H26F2N4O8. The Kier molecular flexibility index (Phi) is 12.3. The van der Waals surface area contributed by atoms with Crippen LogP contribution in [-0.2, 0) is 14.3 Å². The standard InChI is InChI=1S/C9H11F2N3O3.C7H14O3.HNO2/c10-9(11)3-5(4-15)17-7(9)14-2-1-6(12)13-8(14)16;1-6(2)10-7(9)4-3-5-8;2-1-3/h1-2,5,7,15H,3-4H2,(H2,12,13,16);6,8H,3-5H2,1-2H3;(H,2,3). The third kappa shape index (κ3) is 9.67. The zero-order valence-corrected chi connectivity index (χ0v) is 16.5. The summed E-state index contributed by atoms with van der Waals surface area (Å²) in [6.07, 6.45) is -1.51. The van der Waals surface area contributed by atoms with Gasteiger partial charge in [0.25, 0.3) is 5.92 Å². The van der Waals surface area contributed by atoms with Gasteiger partial charge in [-0.2, -0.15) is 4.98 Å². The first-order valence-corrected chi connectivity index (χ1v) is 8.78. The van der Waals surface area contributed by atoms with Gasteiger partial charge in [0.2, 0.25) is 6.23 Å². The van der Waals surface area contributed by atoms with Crippen molar-refractivity contribution in [3.8, 4) is 0 Å². The fourth-order valence-electron chi connectivity index (χ4n) is 2.26. The second-order valence-corrected chi connectivity index (χ2v) is 6.25. The molecule has 0 radical (unpaired) electrons. The van der Waals surface area contributed by atoms with Gasteiger partial charge in [-0.3, -0.25) is 9.36 Å². The summed E-state index contributed by atoms with van der Waals surface area (Å²) < 4.78 is 37.5. The summed E-state index contributed by atoms with van der Waals surface area (Å²) in [5.41, 5.74) is 4.35. The Hall–Kier alpha value is -2.71. The predicted octanol–water partition coefficient (Wildman–Crippen LogP) is 0.593. The van der Waals surface area contributed by atoms with Gasteiger partial charge in [0.1, 0.15) is 5.82 Å². The molecule has 1 aromatic rings. The molecule has 1 aliphatic heterocycles. The van der Waals surface area contributed by atoms with Gasteiger partial charge in [-0.25, -0.2) is 13.6 Å². The van der Waals surface area contributed by atoms with Crippen molar-refractivity contribution in [1.82, 2.24) is 9.55 Å². The maximum Gasteiger partial charge on any atom is 0.351 e. The van der Waals surface area contributed by atoms with Gasteiger partial charge in [-0.05, 0) is 26.3 Å². The van der Waals surface area contributed by atoms with Crippen molar-refractivity contribution >= 4 is 11.8 Å². The summed E-state index contributed by atoms with van der Waals surface area (Å²) in [7, 11) is 0. The molecule has 1 aliphatic rings. The van der Waals surface area contributed by atoms with Crippen LogP contribution in [0.3, 0.4) is 0 Å². The molecule has 1 fully saturated rings. The Labute approximate surface area is 170 Å². The molecule has 2 unspecified atom stereocenters. The third-order valence-corrected chi connectivity index (χ3v) is 3.40. The molecule has 0 aliphatic carbocycles. The highest BCUT2D eigenvalue weighted by Gasteiger charge is 2.51. The first-order valence-electron chi connectivity index (χ1n) is 8.78. The van der Waals surface area contributed by atoms with Crippen LogP contribution in [0.1, 0.15) is 39.3 Å². The minimum atomic E-state index is -3.23. The number of carbonyl (C=O) groups is 1. The number of ether oxygens (including phenoxy) is 2. The zero-order chi connectivity index (χ0) is 23.3. The highest BCUT2D eigenvalue weighted by Crippen LogP contribution is 2.41. The Morgan fingerprint density at radius 1 is 1.50 bits per heavy atom. The number of esters is 1. The summed E-state index contributed by atoms with van der Waals surface area (Å²) in [6, 6.07) is 1.23. The van der Waals surface area contributed by atoms with Crippen LogP contribution in [-0.4, -0.2) is 62.3 Å². The number of nitrogen functional groups attached to an aromatic ring is 1. The molecule has 0 bridgehead atoms. The van der Waals surface area contributed by atoms with Crippen LogP contribution >= 0.6 is 0 Å². The molecule has 0 aromatic carbocycles. The van der Waals surface area contributed by atoms with Crippen LogP contribution in [0, 0.1) is 4.91 Å². The fourth-order valence-corrected chi connectivity index (χ4v) is 2.26. The predicted molar refractivity (Wildman–Crippen MR) is 98.6 cm³/mol. The number of hydrogen-bond acceptors (Lipinski definition) is 10. The summed E-state index contributed by atoms with van der Waals surface area (Å²) in [4.78, 5) is 33.5. The van der Waals surface area contributed by atoms with Gasteiger partial charge in [0, 0.05) is 25.6 Å². The first-order chi connectivity index (χ1) is 14.0. The number of anilines is 1. The van der Waals surface area contributed by atoms with Crippen molar-refractivity contribution in [3.63, 3.8) is 0 Å². The Morgan fingerprint density at radius 3 is 2.53 bits per heavy atom. The SMILES string of the molecule is CC(C)OC(=O)CCCO.Nc1ccn(C2OC(CO)CC2(F)F)c(=O)n1.O=NO. The second-order valence-electron chi connectivity index (χ2n) is 6.25. The summed E-state index contributed by atoms with van der Waals surface area (Å²) >= 11 is 0. The van der Waals surface area contributed by atoms with Gasteiger partial charge < -0.3 is 30.6 Å². The van der Waals surface area contributed by atoms with Gasteiger partial charge in [0.15, 0.2) is 5.34 Å². The van der Waals surface area contributed by atoms with Gasteiger partial charge in [0.05, 0.1) is 18.8 Å². The lowest BCUT2D eigenvalue weighted by Gasteiger charge is -2.19. The molecule has 172 valence electrons. The second kappa shape index (κ2) is 13.5. The van der Waals surface area contributed by atoms with E-state index in [-0.39, 0.29) is 24.5 Å². The lowest BCUT2D eigenvalue weighted by molar-refractivity contribution is -0.147. The Bertz CT molecular complexity index is 717. The molecule has 1 aromatic heterocycles. The van der Waals surface area contributed by atoms with Gasteiger partial charge in [-0.1, -0.05) is 0 Å². The molecule has 0 saturated carbocycles. The number of rotatable bonds is 6. The topological polar surface area (TPSA) is 187 Å². The average molecular weight is 440 g/mol. The third-order valence-electron chi connectivity index (χ3n) is 3.40. The summed E-state index contributed by atoms with van der Waals surface area (Å²) in [6.45, 7) is 3.13. The van der Waals surface area contributed by atoms with Gasteiger partial charge >= 0.3 is 11.7 Å². The molecule has 2 rings (SSSR count). The Morgan fingerprint density at radius 2 is 2.10 bits per heavy atom. The largest absolute Gasteiger partial charge is 0.463 e. The van der Waals surface area contributed by atoms with E-state index in [1.165, 1.54) is 11.4 Å². The zero-order valence-electron chi connectivity index (χ0n) is 16.5. The number of hydrogen-bond donors (Lipinski definition) is 4.